The van der Waals surface area contributed by atoms with Crippen LogP contribution in [-0.2, 0) is 5.60 Å². The zero-order valence-corrected chi connectivity index (χ0v) is 10.4. The maximum Gasteiger partial charge on any atom is 0.117 e. The summed E-state index contributed by atoms with van der Waals surface area (Å²) in [6.45, 7) is 6.50. The molecule has 1 atom stereocenters. The third-order valence-electron chi connectivity index (χ3n) is 3.13. The van der Waals surface area contributed by atoms with Crippen LogP contribution in [0.4, 0.5) is 0 Å². The lowest BCUT2D eigenvalue weighted by Gasteiger charge is -2.34. The van der Waals surface area contributed by atoms with Crippen LogP contribution in [0.5, 0.6) is 0 Å². The average molecular weight is 222 g/mol. The molecule has 1 aromatic rings. The lowest BCUT2D eigenvalue weighted by atomic mass is 9.76. The van der Waals surface area contributed by atoms with E-state index >= 15 is 0 Å². The van der Waals surface area contributed by atoms with Gasteiger partial charge in [0.1, 0.15) is 5.60 Å². The van der Waals surface area contributed by atoms with Gasteiger partial charge in [0.15, 0.2) is 0 Å². The maximum absolute atomic E-state index is 10.5. The molecule has 15 heavy (non-hydrogen) atoms. The van der Waals surface area contributed by atoms with Gasteiger partial charge in [0.25, 0.3) is 0 Å². The highest BCUT2D eigenvalue weighted by Gasteiger charge is 2.34. The van der Waals surface area contributed by atoms with E-state index in [0.29, 0.717) is 0 Å². The molecule has 2 rings (SSSR count). The molecule has 0 spiro atoms. The van der Waals surface area contributed by atoms with E-state index < -0.39 is 5.60 Å². The van der Waals surface area contributed by atoms with Gasteiger partial charge in [-0.15, -0.1) is 11.3 Å². The second kappa shape index (κ2) is 3.46. The molecule has 1 unspecified atom stereocenters. The van der Waals surface area contributed by atoms with Crippen molar-refractivity contribution in [3.8, 4) is 0 Å². The predicted octanol–water partition coefficient (Wildman–Crippen LogP) is 3.62. The van der Waals surface area contributed by atoms with Gasteiger partial charge < -0.3 is 5.11 Å². The second-order valence-corrected chi connectivity index (χ2v) is 6.44. The van der Waals surface area contributed by atoms with Gasteiger partial charge in [-0.1, -0.05) is 26.0 Å². The summed E-state index contributed by atoms with van der Waals surface area (Å²) in [6, 6.07) is 4.12. The zero-order chi connectivity index (χ0) is 11.1. The van der Waals surface area contributed by atoms with Crippen LogP contribution in [0, 0.1) is 12.3 Å². The summed E-state index contributed by atoms with van der Waals surface area (Å²) in [5.41, 5.74) is -0.479. The first-order valence-corrected chi connectivity index (χ1v) is 6.23. The number of hydrogen-bond acceptors (Lipinski definition) is 2. The Hall–Kier alpha value is -0.600. The van der Waals surface area contributed by atoms with Gasteiger partial charge in [-0.3, -0.25) is 0 Å². The summed E-state index contributed by atoms with van der Waals surface area (Å²) in [6.07, 6.45) is 5.99. The Morgan fingerprint density at radius 1 is 1.20 bits per heavy atom. The molecule has 0 amide bonds. The zero-order valence-electron chi connectivity index (χ0n) is 9.58. The number of rotatable bonds is 1. The molecule has 1 nitrogen and oxygen atoms in total. The van der Waals surface area contributed by atoms with Gasteiger partial charge in [0.2, 0.25) is 0 Å². The van der Waals surface area contributed by atoms with Gasteiger partial charge in [0.05, 0.1) is 0 Å². The van der Waals surface area contributed by atoms with Crippen LogP contribution in [-0.4, -0.2) is 5.11 Å². The van der Waals surface area contributed by atoms with Crippen molar-refractivity contribution < 1.29 is 5.11 Å². The van der Waals surface area contributed by atoms with Crippen LogP contribution in [0.2, 0.25) is 0 Å². The van der Waals surface area contributed by atoms with E-state index in [2.05, 4.69) is 32.9 Å². The molecule has 0 fully saturated rings. The third-order valence-corrected chi connectivity index (χ3v) is 4.30. The van der Waals surface area contributed by atoms with Gasteiger partial charge >= 0.3 is 0 Å². The smallest absolute Gasteiger partial charge is 0.117 e. The summed E-state index contributed by atoms with van der Waals surface area (Å²) in [4.78, 5) is 2.34. The van der Waals surface area contributed by atoms with E-state index in [9.17, 15) is 5.11 Å². The van der Waals surface area contributed by atoms with Gasteiger partial charge in [-0.05, 0) is 37.3 Å². The molecule has 82 valence electrons. The Bertz CT molecular complexity index is 389. The molecule has 1 aromatic heterocycles. The van der Waals surface area contributed by atoms with Crippen molar-refractivity contribution in [2.24, 2.45) is 5.41 Å². The van der Waals surface area contributed by atoms with Crippen LogP contribution >= 0.6 is 11.3 Å². The lowest BCUT2D eigenvalue weighted by molar-refractivity contribution is 0.0616. The van der Waals surface area contributed by atoms with Crippen molar-refractivity contribution in [2.75, 3.05) is 0 Å². The van der Waals surface area contributed by atoms with Gasteiger partial charge in [-0.2, -0.15) is 0 Å². The highest BCUT2D eigenvalue weighted by Crippen LogP contribution is 2.41. The van der Waals surface area contributed by atoms with E-state index in [0.717, 1.165) is 17.7 Å². The normalized spacial score (nSPS) is 29.3. The predicted molar refractivity (Wildman–Crippen MR) is 65.1 cm³/mol. The fourth-order valence-corrected chi connectivity index (χ4v) is 2.88. The number of aliphatic hydroxyl groups is 1. The third kappa shape index (κ3) is 2.16. The molecule has 1 heterocycles. The fourth-order valence-electron chi connectivity index (χ4n) is 1.92. The average Bonchev–Trinajstić information content (AvgIpc) is 2.59. The molecule has 2 heteroatoms. The highest BCUT2D eigenvalue weighted by atomic mass is 32.1. The summed E-state index contributed by atoms with van der Waals surface area (Å²) < 4.78 is 0. The molecule has 0 saturated heterocycles. The van der Waals surface area contributed by atoms with Gasteiger partial charge in [0, 0.05) is 9.75 Å². The minimum atomic E-state index is -0.714. The number of aryl methyl sites for hydroxylation is 1. The van der Waals surface area contributed by atoms with E-state index in [1.165, 1.54) is 4.88 Å². The van der Waals surface area contributed by atoms with E-state index in [1.54, 1.807) is 11.3 Å². The van der Waals surface area contributed by atoms with Crippen molar-refractivity contribution in [2.45, 2.75) is 39.2 Å². The summed E-state index contributed by atoms with van der Waals surface area (Å²) in [7, 11) is 0. The topological polar surface area (TPSA) is 20.2 Å². The number of thiophene rings is 1. The molecule has 0 aliphatic heterocycles. The van der Waals surface area contributed by atoms with E-state index in [1.807, 2.05) is 12.1 Å². The van der Waals surface area contributed by atoms with Crippen LogP contribution in [0.1, 0.15) is 36.4 Å². The molecular weight excluding hydrogens is 204 g/mol. The monoisotopic (exact) mass is 222 g/mol. The van der Waals surface area contributed by atoms with Crippen molar-refractivity contribution in [1.82, 2.24) is 0 Å². The minimum absolute atomic E-state index is 0.235. The number of hydrogen-bond donors (Lipinski definition) is 1. The van der Waals surface area contributed by atoms with Crippen LogP contribution < -0.4 is 0 Å². The Balaban J connectivity index is 2.30. The standard InChI is InChI=1S/C13H18OS/c1-10-4-5-11(15-10)13(14)8-6-12(2,3)7-9-13/h4-6,8,14H,7,9H2,1-3H3. The van der Waals surface area contributed by atoms with Crippen LogP contribution in [0.25, 0.3) is 0 Å². The lowest BCUT2D eigenvalue weighted by Crippen LogP contribution is -2.28. The fraction of sp³-hybridized carbons (Fsp3) is 0.538. The summed E-state index contributed by atoms with van der Waals surface area (Å²) in [5.74, 6) is 0. The van der Waals surface area contributed by atoms with E-state index in [4.69, 9.17) is 0 Å². The largest absolute Gasteiger partial charge is 0.380 e. The molecule has 0 bridgehead atoms. The molecule has 1 N–H and O–H groups in total. The Labute approximate surface area is 95.5 Å². The first-order chi connectivity index (χ1) is 6.91. The Kier molecular flexibility index (Phi) is 2.52. The van der Waals surface area contributed by atoms with Crippen molar-refractivity contribution in [3.05, 3.63) is 34.0 Å². The maximum atomic E-state index is 10.5. The first-order valence-electron chi connectivity index (χ1n) is 5.41. The molecule has 1 aliphatic rings. The molecule has 0 radical (unpaired) electrons. The quantitative estimate of drug-likeness (QED) is 0.720. The Morgan fingerprint density at radius 2 is 1.93 bits per heavy atom. The van der Waals surface area contributed by atoms with Crippen molar-refractivity contribution in [3.63, 3.8) is 0 Å². The first kappa shape index (κ1) is 10.9. The molecule has 0 saturated carbocycles. The van der Waals surface area contributed by atoms with Crippen LogP contribution in [0.15, 0.2) is 24.3 Å². The van der Waals surface area contributed by atoms with E-state index in [-0.39, 0.29) is 5.41 Å². The minimum Gasteiger partial charge on any atom is -0.380 e. The molecule has 0 aromatic carbocycles. The van der Waals surface area contributed by atoms with Gasteiger partial charge in [-0.25, -0.2) is 0 Å². The number of allylic oxidation sites excluding steroid dienone is 1. The molecular formula is C13H18OS. The second-order valence-electron chi connectivity index (χ2n) is 5.16. The summed E-state index contributed by atoms with van der Waals surface area (Å²) in [5, 5.41) is 10.5. The highest BCUT2D eigenvalue weighted by molar-refractivity contribution is 7.12. The SMILES string of the molecule is Cc1ccc(C2(O)C=CC(C)(C)CC2)s1. The van der Waals surface area contributed by atoms with Crippen molar-refractivity contribution >= 4 is 11.3 Å². The van der Waals surface area contributed by atoms with Crippen LogP contribution in [0.3, 0.4) is 0 Å². The Morgan fingerprint density at radius 3 is 2.40 bits per heavy atom. The van der Waals surface area contributed by atoms with Crippen molar-refractivity contribution in [1.29, 1.82) is 0 Å². The molecule has 1 aliphatic carbocycles. The summed E-state index contributed by atoms with van der Waals surface area (Å²) >= 11 is 1.69.